The second-order valence-corrected chi connectivity index (χ2v) is 9.52. The van der Waals surface area contributed by atoms with E-state index in [9.17, 15) is 10.2 Å². The van der Waals surface area contributed by atoms with Crippen molar-refractivity contribution in [2.24, 2.45) is 0 Å². The van der Waals surface area contributed by atoms with Crippen LogP contribution in [0.15, 0.2) is 96.8 Å². The summed E-state index contributed by atoms with van der Waals surface area (Å²) in [5, 5.41) is 19.1. The van der Waals surface area contributed by atoms with Crippen molar-refractivity contribution in [1.29, 1.82) is 0 Å². The van der Waals surface area contributed by atoms with Gasteiger partial charge in [-0.3, -0.25) is 4.90 Å². The van der Waals surface area contributed by atoms with Crippen LogP contribution in [0.3, 0.4) is 0 Å². The molecule has 0 saturated heterocycles. The molecule has 2 aromatic rings. The van der Waals surface area contributed by atoms with Crippen LogP contribution in [0.1, 0.15) is 55.7 Å². The highest BCUT2D eigenvalue weighted by Crippen LogP contribution is 2.36. The first-order valence-electron chi connectivity index (χ1n) is 12.7. The first kappa shape index (κ1) is 25.0. The summed E-state index contributed by atoms with van der Waals surface area (Å²) >= 11 is 0. The first-order valence-corrected chi connectivity index (χ1v) is 12.7. The van der Waals surface area contributed by atoms with E-state index >= 15 is 0 Å². The minimum absolute atomic E-state index is 0.142. The molecule has 1 fully saturated rings. The third-order valence-electron chi connectivity index (χ3n) is 6.81. The molecule has 182 valence electrons. The molecule has 0 atom stereocenters. The lowest BCUT2D eigenvalue weighted by Crippen LogP contribution is -2.30. The van der Waals surface area contributed by atoms with E-state index in [0.717, 1.165) is 54.2 Å². The molecular weight excluding hydrogens is 430 g/mol. The van der Waals surface area contributed by atoms with Crippen LogP contribution in [-0.4, -0.2) is 40.9 Å². The van der Waals surface area contributed by atoms with E-state index in [4.69, 9.17) is 0 Å². The topological polar surface area (TPSA) is 43.7 Å². The maximum absolute atomic E-state index is 9.59. The van der Waals surface area contributed by atoms with E-state index in [1.54, 1.807) is 13.0 Å². The molecule has 0 bridgehead atoms. The zero-order chi connectivity index (χ0) is 24.6. The molecule has 0 amide bonds. The van der Waals surface area contributed by atoms with Gasteiger partial charge in [0.2, 0.25) is 0 Å². The monoisotopic (exact) mass is 467 g/mol. The Morgan fingerprint density at radius 1 is 1.06 bits per heavy atom. The summed E-state index contributed by atoms with van der Waals surface area (Å²) < 4.78 is 0. The number of benzene rings is 2. The summed E-state index contributed by atoms with van der Waals surface area (Å²) in [6.07, 6.45) is 13.1. The lowest BCUT2D eigenvalue weighted by atomic mass is 9.86. The van der Waals surface area contributed by atoms with E-state index < -0.39 is 0 Å². The largest absolute Gasteiger partial charge is 0.513 e. The fourth-order valence-electron chi connectivity index (χ4n) is 4.82. The quantitative estimate of drug-likeness (QED) is 0.221. The summed E-state index contributed by atoms with van der Waals surface area (Å²) in [5.41, 5.74) is 8.10. The van der Waals surface area contributed by atoms with Gasteiger partial charge < -0.3 is 10.2 Å². The molecule has 35 heavy (non-hydrogen) atoms. The standard InChI is InChI=1S/C32H37NO2/c1-24(8-6-9-25(2)35)32(31(12-7-23-34)28-10-4-3-5-11-28)29-15-13-26(14-16-29)27-19-21-33(22-20-27)30-17-18-30/h3-6,8-11,13-16,19,30,34-35H,1,7,12,17-18,20-23H2,2H3/b8-6-,25-9+,32-31-. The Balaban J connectivity index is 1.70. The number of hydrogen-bond acceptors (Lipinski definition) is 3. The van der Waals surface area contributed by atoms with Gasteiger partial charge in [-0.05, 0) is 84.1 Å². The number of aliphatic hydroxyl groups excluding tert-OH is 2. The van der Waals surface area contributed by atoms with Gasteiger partial charge in [0, 0.05) is 25.7 Å². The Bertz CT molecular complexity index is 1130. The zero-order valence-corrected chi connectivity index (χ0v) is 20.8. The van der Waals surface area contributed by atoms with Gasteiger partial charge in [-0.2, -0.15) is 0 Å². The number of aliphatic hydroxyl groups is 2. The van der Waals surface area contributed by atoms with E-state index in [0.29, 0.717) is 6.42 Å². The molecule has 2 N–H and O–H groups in total. The van der Waals surface area contributed by atoms with Crippen LogP contribution in [0, 0.1) is 0 Å². The first-order chi connectivity index (χ1) is 17.1. The van der Waals surface area contributed by atoms with Gasteiger partial charge in [0.25, 0.3) is 0 Å². The molecule has 2 aliphatic rings. The van der Waals surface area contributed by atoms with Crippen LogP contribution in [0.25, 0.3) is 16.7 Å². The Morgan fingerprint density at radius 3 is 2.40 bits per heavy atom. The van der Waals surface area contributed by atoms with E-state index in [1.165, 1.54) is 29.6 Å². The molecule has 2 aromatic carbocycles. The van der Waals surface area contributed by atoms with E-state index in [1.807, 2.05) is 30.4 Å². The van der Waals surface area contributed by atoms with Crippen molar-refractivity contribution in [3.05, 3.63) is 114 Å². The van der Waals surface area contributed by atoms with Gasteiger partial charge >= 0.3 is 0 Å². The number of rotatable bonds is 10. The molecule has 1 aliphatic carbocycles. The summed E-state index contributed by atoms with van der Waals surface area (Å²) in [7, 11) is 0. The predicted molar refractivity (Wildman–Crippen MR) is 148 cm³/mol. The number of allylic oxidation sites excluding steroid dienone is 7. The highest BCUT2D eigenvalue weighted by molar-refractivity contribution is 5.99. The lowest BCUT2D eigenvalue weighted by molar-refractivity contribution is 0.290. The SMILES string of the molecule is C=C(/C=C\C=C(/C)O)/C(=C(\CCCO)c1ccccc1)c1ccc(C2=CCN(C3CC3)CC2)cc1. The molecule has 0 spiro atoms. The summed E-state index contributed by atoms with van der Waals surface area (Å²) in [6, 6.07) is 20.0. The Kier molecular flexibility index (Phi) is 8.57. The van der Waals surface area contributed by atoms with Crippen molar-refractivity contribution in [2.75, 3.05) is 19.7 Å². The molecule has 4 rings (SSSR count). The Morgan fingerprint density at radius 2 is 1.80 bits per heavy atom. The molecule has 1 saturated carbocycles. The van der Waals surface area contributed by atoms with Gasteiger partial charge in [-0.15, -0.1) is 0 Å². The minimum Gasteiger partial charge on any atom is -0.513 e. The predicted octanol–water partition coefficient (Wildman–Crippen LogP) is 7.20. The molecule has 0 aromatic heterocycles. The molecule has 0 unspecified atom stereocenters. The molecule has 1 heterocycles. The normalized spacial score (nSPS) is 17.9. The van der Waals surface area contributed by atoms with Gasteiger partial charge in [0.05, 0.1) is 5.76 Å². The van der Waals surface area contributed by atoms with Crippen molar-refractivity contribution in [3.63, 3.8) is 0 Å². The fraction of sp³-hybridized carbons (Fsp3) is 0.312. The van der Waals surface area contributed by atoms with Gasteiger partial charge in [-0.25, -0.2) is 0 Å². The number of hydrogen-bond donors (Lipinski definition) is 2. The third-order valence-corrected chi connectivity index (χ3v) is 6.81. The smallest absolute Gasteiger partial charge is 0.0891 e. The molecule has 3 heteroatoms. The molecule has 1 aliphatic heterocycles. The fourth-order valence-corrected chi connectivity index (χ4v) is 4.82. The van der Waals surface area contributed by atoms with E-state index in [-0.39, 0.29) is 12.4 Å². The van der Waals surface area contributed by atoms with Crippen molar-refractivity contribution in [2.45, 2.75) is 45.1 Å². The van der Waals surface area contributed by atoms with Crippen LogP contribution in [-0.2, 0) is 0 Å². The van der Waals surface area contributed by atoms with Crippen LogP contribution < -0.4 is 0 Å². The number of nitrogens with zero attached hydrogens (tertiary/aromatic N) is 1. The zero-order valence-electron chi connectivity index (χ0n) is 20.8. The van der Waals surface area contributed by atoms with Crippen molar-refractivity contribution in [1.82, 2.24) is 4.90 Å². The summed E-state index contributed by atoms with van der Waals surface area (Å²) in [6.45, 7) is 8.40. The van der Waals surface area contributed by atoms with Crippen LogP contribution in [0.5, 0.6) is 0 Å². The molecular formula is C32H37NO2. The molecule has 3 nitrogen and oxygen atoms in total. The third kappa shape index (κ3) is 6.72. The van der Waals surface area contributed by atoms with Crippen molar-refractivity contribution < 1.29 is 10.2 Å². The average molecular weight is 468 g/mol. The van der Waals surface area contributed by atoms with Gasteiger partial charge in [0.1, 0.15) is 0 Å². The second kappa shape index (κ2) is 12.0. The minimum atomic E-state index is 0.142. The van der Waals surface area contributed by atoms with Crippen LogP contribution in [0.4, 0.5) is 0 Å². The van der Waals surface area contributed by atoms with Gasteiger partial charge in [-0.1, -0.05) is 79.4 Å². The maximum Gasteiger partial charge on any atom is 0.0891 e. The summed E-state index contributed by atoms with van der Waals surface area (Å²) in [4.78, 5) is 2.60. The van der Waals surface area contributed by atoms with Crippen molar-refractivity contribution in [3.8, 4) is 0 Å². The summed E-state index contributed by atoms with van der Waals surface area (Å²) in [5.74, 6) is 0.258. The van der Waals surface area contributed by atoms with E-state index in [2.05, 4.69) is 54.0 Å². The molecule has 0 radical (unpaired) electrons. The Hall–Kier alpha value is -3.14. The highest BCUT2D eigenvalue weighted by atomic mass is 16.3. The van der Waals surface area contributed by atoms with Crippen LogP contribution >= 0.6 is 0 Å². The maximum atomic E-state index is 9.59. The van der Waals surface area contributed by atoms with Crippen molar-refractivity contribution >= 4 is 16.7 Å². The Labute approximate surface area is 210 Å². The average Bonchev–Trinajstić information content (AvgIpc) is 3.73. The van der Waals surface area contributed by atoms with Crippen LogP contribution in [0.2, 0.25) is 0 Å². The second-order valence-electron chi connectivity index (χ2n) is 9.52. The van der Waals surface area contributed by atoms with Gasteiger partial charge in [0.15, 0.2) is 0 Å². The lowest BCUT2D eigenvalue weighted by Gasteiger charge is -2.26. The highest BCUT2D eigenvalue weighted by Gasteiger charge is 2.29.